The van der Waals surface area contributed by atoms with Gasteiger partial charge in [-0.2, -0.15) is 5.10 Å². The number of carbonyl (C=O) groups is 1. The SMILES string of the molecule is C/C(=N/NC(=O)[C@@H]1C[C@@H]1c1ccccc1)c1ccccc1Cl. The highest BCUT2D eigenvalue weighted by atomic mass is 35.5. The van der Waals surface area contributed by atoms with Crippen LogP contribution >= 0.6 is 11.6 Å². The molecule has 0 aliphatic heterocycles. The maximum atomic E-state index is 12.2. The number of hydrogen-bond acceptors (Lipinski definition) is 2. The Morgan fingerprint density at radius 1 is 1.14 bits per heavy atom. The minimum absolute atomic E-state index is 0.0187. The van der Waals surface area contributed by atoms with E-state index in [0.29, 0.717) is 16.7 Å². The van der Waals surface area contributed by atoms with Gasteiger partial charge in [0.05, 0.1) is 5.71 Å². The molecule has 1 saturated carbocycles. The number of nitrogens with zero attached hydrogens (tertiary/aromatic N) is 1. The lowest BCUT2D eigenvalue weighted by Crippen LogP contribution is -2.21. The zero-order valence-corrected chi connectivity index (χ0v) is 13.0. The van der Waals surface area contributed by atoms with Crippen molar-refractivity contribution in [3.05, 3.63) is 70.7 Å². The molecule has 22 heavy (non-hydrogen) atoms. The lowest BCUT2D eigenvalue weighted by Gasteiger charge is -2.04. The monoisotopic (exact) mass is 312 g/mol. The molecule has 0 aromatic heterocycles. The Morgan fingerprint density at radius 3 is 2.55 bits per heavy atom. The van der Waals surface area contributed by atoms with E-state index < -0.39 is 0 Å². The van der Waals surface area contributed by atoms with Gasteiger partial charge in [-0.25, -0.2) is 5.43 Å². The third-order valence-corrected chi connectivity index (χ3v) is 4.28. The minimum atomic E-state index is -0.0275. The summed E-state index contributed by atoms with van der Waals surface area (Å²) < 4.78 is 0. The van der Waals surface area contributed by atoms with Gasteiger partial charge in [-0.05, 0) is 30.9 Å². The van der Waals surface area contributed by atoms with Gasteiger partial charge in [-0.15, -0.1) is 0 Å². The number of carbonyl (C=O) groups excluding carboxylic acids is 1. The predicted octanol–water partition coefficient (Wildman–Crippen LogP) is 3.98. The van der Waals surface area contributed by atoms with E-state index in [0.717, 1.165) is 12.0 Å². The number of hydrazone groups is 1. The predicted molar refractivity (Wildman–Crippen MR) is 89.1 cm³/mol. The largest absolute Gasteiger partial charge is 0.273 e. The number of nitrogens with one attached hydrogen (secondary N) is 1. The standard InChI is InChI=1S/C18H17ClN2O/c1-12(14-9-5-6-10-17(14)19)20-21-18(22)16-11-15(16)13-7-3-2-4-8-13/h2-10,15-16H,11H2,1H3,(H,21,22)/b20-12-/t15-,16-/m1/s1. The van der Waals surface area contributed by atoms with Crippen LogP contribution < -0.4 is 5.43 Å². The Bertz CT molecular complexity index is 712. The van der Waals surface area contributed by atoms with E-state index in [-0.39, 0.29) is 11.8 Å². The van der Waals surface area contributed by atoms with Gasteiger partial charge in [0.15, 0.2) is 0 Å². The summed E-state index contributed by atoms with van der Waals surface area (Å²) in [6, 6.07) is 17.6. The second-order valence-corrected chi connectivity index (χ2v) is 5.92. The number of amides is 1. The topological polar surface area (TPSA) is 41.5 Å². The van der Waals surface area contributed by atoms with Crippen LogP contribution in [0.5, 0.6) is 0 Å². The van der Waals surface area contributed by atoms with Crippen molar-refractivity contribution in [3.8, 4) is 0 Å². The second-order valence-electron chi connectivity index (χ2n) is 5.51. The molecule has 3 nitrogen and oxygen atoms in total. The number of benzene rings is 2. The molecule has 0 spiro atoms. The van der Waals surface area contributed by atoms with Gasteiger partial charge >= 0.3 is 0 Å². The summed E-state index contributed by atoms with van der Waals surface area (Å²) in [4.78, 5) is 12.2. The second kappa shape index (κ2) is 6.32. The Hall–Kier alpha value is -2.13. The van der Waals surface area contributed by atoms with E-state index in [1.54, 1.807) is 0 Å². The Labute approximate surface area is 135 Å². The van der Waals surface area contributed by atoms with Gasteiger partial charge in [-0.1, -0.05) is 60.1 Å². The maximum absolute atomic E-state index is 12.2. The third kappa shape index (κ3) is 3.20. The minimum Gasteiger partial charge on any atom is -0.273 e. The van der Waals surface area contributed by atoms with Crippen molar-refractivity contribution in [1.29, 1.82) is 0 Å². The summed E-state index contributed by atoms with van der Waals surface area (Å²) in [5.41, 5.74) is 5.42. The fraction of sp³-hybridized carbons (Fsp3) is 0.222. The molecule has 0 radical (unpaired) electrons. The summed E-state index contributed by atoms with van der Waals surface area (Å²) in [6.45, 7) is 1.84. The molecular formula is C18H17ClN2O. The highest BCUT2D eigenvalue weighted by Gasteiger charge is 2.43. The average molecular weight is 313 g/mol. The first-order chi connectivity index (χ1) is 10.7. The highest BCUT2D eigenvalue weighted by Crippen LogP contribution is 2.47. The summed E-state index contributed by atoms with van der Waals surface area (Å²) in [5.74, 6) is 0.308. The molecule has 1 aliphatic rings. The lowest BCUT2D eigenvalue weighted by molar-refractivity contribution is -0.122. The van der Waals surface area contributed by atoms with Crippen LogP contribution in [0.25, 0.3) is 0 Å². The van der Waals surface area contributed by atoms with Crippen molar-refractivity contribution >= 4 is 23.2 Å². The molecule has 112 valence electrons. The number of hydrogen-bond donors (Lipinski definition) is 1. The van der Waals surface area contributed by atoms with Gasteiger partial charge in [0.25, 0.3) is 0 Å². The molecular weight excluding hydrogens is 296 g/mol. The van der Waals surface area contributed by atoms with Crippen molar-refractivity contribution in [1.82, 2.24) is 5.43 Å². The van der Waals surface area contributed by atoms with Crippen LogP contribution in [0.15, 0.2) is 59.7 Å². The molecule has 1 aliphatic carbocycles. The van der Waals surface area contributed by atoms with Gasteiger partial charge in [0.1, 0.15) is 0 Å². The van der Waals surface area contributed by atoms with Crippen molar-refractivity contribution in [2.75, 3.05) is 0 Å². The van der Waals surface area contributed by atoms with Gasteiger partial charge in [-0.3, -0.25) is 4.79 Å². The summed E-state index contributed by atoms with van der Waals surface area (Å²) in [6.07, 6.45) is 0.885. The van der Waals surface area contributed by atoms with E-state index in [1.807, 2.05) is 49.4 Å². The van der Waals surface area contributed by atoms with Crippen molar-refractivity contribution in [2.24, 2.45) is 11.0 Å². The molecule has 3 rings (SSSR count). The summed E-state index contributed by atoms with van der Waals surface area (Å²) >= 11 is 6.12. The molecule has 2 atom stereocenters. The van der Waals surface area contributed by atoms with E-state index in [9.17, 15) is 4.79 Å². The van der Waals surface area contributed by atoms with E-state index >= 15 is 0 Å². The molecule has 1 N–H and O–H groups in total. The van der Waals surface area contributed by atoms with E-state index in [1.165, 1.54) is 5.56 Å². The van der Waals surface area contributed by atoms with Gasteiger partial charge < -0.3 is 0 Å². The fourth-order valence-corrected chi connectivity index (χ4v) is 2.86. The Morgan fingerprint density at radius 2 is 1.82 bits per heavy atom. The maximum Gasteiger partial charge on any atom is 0.243 e. The van der Waals surface area contributed by atoms with Gasteiger partial charge in [0, 0.05) is 16.5 Å². The Balaban J connectivity index is 1.62. The molecule has 2 aromatic carbocycles. The van der Waals surface area contributed by atoms with E-state index in [2.05, 4.69) is 22.7 Å². The van der Waals surface area contributed by atoms with E-state index in [4.69, 9.17) is 11.6 Å². The van der Waals surface area contributed by atoms with Crippen LogP contribution in [0, 0.1) is 5.92 Å². The van der Waals surface area contributed by atoms with Crippen molar-refractivity contribution in [2.45, 2.75) is 19.3 Å². The highest BCUT2D eigenvalue weighted by molar-refractivity contribution is 6.34. The third-order valence-electron chi connectivity index (χ3n) is 3.95. The molecule has 0 heterocycles. The Kier molecular flexibility index (Phi) is 4.25. The van der Waals surface area contributed by atoms with Crippen LogP contribution in [0.3, 0.4) is 0 Å². The number of rotatable bonds is 4. The smallest absolute Gasteiger partial charge is 0.243 e. The first-order valence-corrected chi connectivity index (χ1v) is 7.68. The summed E-state index contributed by atoms with van der Waals surface area (Å²) in [7, 11) is 0. The molecule has 1 amide bonds. The number of halogens is 1. The molecule has 0 bridgehead atoms. The fourth-order valence-electron chi connectivity index (χ4n) is 2.59. The molecule has 2 aromatic rings. The van der Waals surface area contributed by atoms with Gasteiger partial charge in [0.2, 0.25) is 5.91 Å². The molecule has 4 heteroatoms. The first kappa shape index (κ1) is 14.8. The van der Waals surface area contributed by atoms with Crippen LogP contribution in [0.4, 0.5) is 0 Å². The lowest BCUT2D eigenvalue weighted by atomic mass is 10.1. The first-order valence-electron chi connectivity index (χ1n) is 7.31. The molecule has 0 saturated heterocycles. The zero-order chi connectivity index (χ0) is 15.5. The van der Waals surface area contributed by atoms with Crippen LogP contribution in [-0.4, -0.2) is 11.6 Å². The molecule has 1 fully saturated rings. The summed E-state index contributed by atoms with van der Waals surface area (Å²) in [5, 5.41) is 4.81. The van der Waals surface area contributed by atoms with Crippen LogP contribution in [0.1, 0.15) is 30.4 Å². The zero-order valence-electron chi connectivity index (χ0n) is 12.3. The normalized spacial score (nSPS) is 20.5. The quantitative estimate of drug-likeness (QED) is 0.673. The average Bonchev–Trinajstić information content (AvgIpc) is 3.34. The van der Waals surface area contributed by atoms with Crippen LogP contribution in [-0.2, 0) is 4.79 Å². The van der Waals surface area contributed by atoms with Crippen LogP contribution in [0.2, 0.25) is 5.02 Å². The van der Waals surface area contributed by atoms with Crippen molar-refractivity contribution < 1.29 is 4.79 Å². The van der Waals surface area contributed by atoms with Crippen molar-refractivity contribution in [3.63, 3.8) is 0 Å². The molecule has 0 unspecified atom stereocenters.